The fourth-order valence-corrected chi connectivity index (χ4v) is 3.59. The molecule has 4 aromatic rings. The molecule has 3 N–H and O–H groups in total. The Morgan fingerprint density at radius 1 is 1.07 bits per heavy atom. The largest absolute Gasteiger partial charge is 0.349 e. The van der Waals surface area contributed by atoms with Crippen LogP contribution in [0.3, 0.4) is 0 Å². The van der Waals surface area contributed by atoms with Crippen LogP contribution in [-0.4, -0.2) is 28.5 Å². The van der Waals surface area contributed by atoms with E-state index in [1.807, 2.05) is 43.3 Å². The normalized spacial score (nSPS) is 10.8. The molecule has 28 heavy (non-hydrogen) atoms. The van der Waals surface area contributed by atoms with Gasteiger partial charge in [-0.2, -0.15) is 0 Å². The van der Waals surface area contributed by atoms with Gasteiger partial charge in [0.15, 0.2) is 0 Å². The molecule has 0 radical (unpaired) electrons. The van der Waals surface area contributed by atoms with Crippen molar-refractivity contribution in [3.05, 3.63) is 77.6 Å². The van der Waals surface area contributed by atoms with Crippen LogP contribution < -0.4 is 11.1 Å². The summed E-state index contributed by atoms with van der Waals surface area (Å²) in [6.07, 6.45) is 0. The Labute approximate surface area is 174 Å². The highest BCUT2D eigenvalue weighted by atomic mass is 79.9. The fraction of sp³-hybridized carbons (Fsp3) is 0.182. The number of para-hydroxylation sites is 1. The Balaban J connectivity index is 0.00000225. The van der Waals surface area contributed by atoms with E-state index in [1.165, 1.54) is 5.56 Å². The van der Waals surface area contributed by atoms with Crippen LogP contribution in [0.2, 0.25) is 0 Å². The lowest BCUT2D eigenvalue weighted by Gasteiger charge is -2.10. The maximum absolute atomic E-state index is 12.4. The molecule has 0 spiro atoms. The molecule has 0 unspecified atom stereocenters. The van der Waals surface area contributed by atoms with E-state index in [4.69, 9.17) is 5.73 Å². The summed E-state index contributed by atoms with van der Waals surface area (Å²) in [7, 11) is 0. The average molecular weight is 439 g/mol. The van der Waals surface area contributed by atoms with E-state index >= 15 is 0 Å². The monoisotopic (exact) mass is 438 g/mol. The van der Waals surface area contributed by atoms with Gasteiger partial charge in [-0.15, -0.1) is 17.0 Å². The van der Waals surface area contributed by atoms with Gasteiger partial charge in [-0.3, -0.25) is 4.79 Å². The number of nitrogens with two attached hydrogens (primary N) is 1. The molecule has 0 atom stereocenters. The van der Waals surface area contributed by atoms with Crippen LogP contribution in [0.25, 0.3) is 21.8 Å². The van der Waals surface area contributed by atoms with Gasteiger partial charge in [0.2, 0.25) is 0 Å². The molecular formula is C22H23BrN4O. The summed E-state index contributed by atoms with van der Waals surface area (Å²) in [5.41, 5.74) is 10.2. The molecule has 0 fully saturated rings. The predicted molar refractivity (Wildman–Crippen MR) is 119 cm³/mol. The third-order valence-electron chi connectivity index (χ3n) is 4.77. The molecule has 2 heterocycles. The van der Waals surface area contributed by atoms with E-state index < -0.39 is 0 Å². The molecule has 4 rings (SSSR count). The highest BCUT2D eigenvalue weighted by Gasteiger charge is 2.17. The molecule has 0 saturated carbocycles. The standard InChI is InChI=1S/C22H22N4O.BrH/c1-15-21-18(13-19(25-15)22(27)24-12-11-23)17-9-5-6-10-20(17)26(21)14-16-7-3-2-4-8-16;/h2-10,13H,11-12,14,23H2,1H3,(H,24,27);1H. The number of nitrogens with zero attached hydrogens (tertiary/aromatic N) is 2. The maximum Gasteiger partial charge on any atom is 0.269 e. The first-order valence-electron chi connectivity index (χ1n) is 9.10. The number of benzene rings is 2. The first-order valence-corrected chi connectivity index (χ1v) is 9.10. The molecule has 0 aliphatic carbocycles. The highest BCUT2D eigenvalue weighted by molar-refractivity contribution is 8.93. The van der Waals surface area contributed by atoms with Crippen LogP contribution in [0.5, 0.6) is 0 Å². The van der Waals surface area contributed by atoms with Crippen molar-refractivity contribution in [2.45, 2.75) is 13.5 Å². The van der Waals surface area contributed by atoms with Gasteiger partial charge in [0.25, 0.3) is 5.91 Å². The summed E-state index contributed by atoms with van der Waals surface area (Å²) < 4.78 is 2.28. The van der Waals surface area contributed by atoms with Crippen LogP contribution in [0, 0.1) is 6.92 Å². The molecule has 0 bridgehead atoms. The van der Waals surface area contributed by atoms with Crippen molar-refractivity contribution < 1.29 is 4.79 Å². The van der Waals surface area contributed by atoms with Crippen LogP contribution in [0.4, 0.5) is 0 Å². The Bertz CT molecular complexity index is 1120. The van der Waals surface area contributed by atoms with Crippen molar-refractivity contribution >= 4 is 44.7 Å². The Morgan fingerprint density at radius 2 is 1.79 bits per heavy atom. The minimum Gasteiger partial charge on any atom is -0.349 e. The summed E-state index contributed by atoms with van der Waals surface area (Å²) in [5.74, 6) is -0.189. The van der Waals surface area contributed by atoms with Crippen molar-refractivity contribution in [3.8, 4) is 0 Å². The molecule has 2 aromatic heterocycles. The second-order valence-electron chi connectivity index (χ2n) is 6.62. The summed E-state index contributed by atoms with van der Waals surface area (Å²) >= 11 is 0. The molecule has 6 heteroatoms. The number of carbonyl (C=O) groups excluding carboxylic acids is 1. The predicted octanol–water partition coefficient (Wildman–Crippen LogP) is 3.81. The summed E-state index contributed by atoms with van der Waals surface area (Å²) in [4.78, 5) is 17.0. The number of hydrogen-bond acceptors (Lipinski definition) is 3. The average Bonchev–Trinajstić information content (AvgIpc) is 3.01. The number of pyridine rings is 1. The zero-order chi connectivity index (χ0) is 18.8. The number of hydrogen-bond donors (Lipinski definition) is 2. The molecule has 5 nitrogen and oxygen atoms in total. The third kappa shape index (κ3) is 3.66. The van der Waals surface area contributed by atoms with Crippen molar-refractivity contribution in [3.63, 3.8) is 0 Å². The van der Waals surface area contributed by atoms with Gasteiger partial charge < -0.3 is 15.6 Å². The van der Waals surface area contributed by atoms with Gasteiger partial charge in [-0.25, -0.2) is 4.98 Å². The number of carbonyl (C=O) groups is 1. The number of aromatic nitrogens is 2. The number of amides is 1. The van der Waals surface area contributed by atoms with E-state index in [2.05, 4.69) is 39.1 Å². The number of nitrogens with one attached hydrogen (secondary N) is 1. The topological polar surface area (TPSA) is 72.9 Å². The fourth-order valence-electron chi connectivity index (χ4n) is 3.59. The number of rotatable bonds is 5. The Kier molecular flexibility index (Phi) is 6.11. The highest BCUT2D eigenvalue weighted by Crippen LogP contribution is 2.31. The molecule has 1 amide bonds. The Hall–Kier alpha value is -2.70. The zero-order valence-corrected chi connectivity index (χ0v) is 17.4. The van der Waals surface area contributed by atoms with Crippen molar-refractivity contribution in [1.82, 2.24) is 14.9 Å². The van der Waals surface area contributed by atoms with Gasteiger partial charge >= 0.3 is 0 Å². The molecule has 0 saturated heterocycles. The Morgan fingerprint density at radius 3 is 2.54 bits per heavy atom. The van der Waals surface area contributed by atoms with E-state index in [9.17, 15) is 4.79 Å². The van der Waals surface area contributed by atoms with Gasteiger partial charge in [0.1, 0.15) is 5.69 Å². The summed E-state index contributed by atoms with van der Waals surface area (Å²) in [6, 6.07) is 20.5. The van der Waals surface area contributed by atoms with Crippen LogP contribution in [0.1, 0.15) is 21.7 Å². The van der Waals surface area contributed by atoms with Gasteiger partial charge in [0.05, 0.1) is 11.2 Å². The smallest absolute Gasteiger partial charge is 0.269 e. The van der Waals surface area contributed by atoms with Crippen LogP contribution in [0.15, 0.2) is 60.7 Å². The summed E-state index contributed by atoms with van der Waals surface area (Å²) in [6.45, 7) is 3.56. The first kappa shape index (κ1) is 20.0. The van der Waals surface area contributed by atoms with E-state index in [0.717, 1.165) is 34.0 Å². The first-order chi connectivity index (χ1) is 13.2. The lowest BCUT2D eigenvalue weighted by atomic mass is 10.1. The SMILES string of the molecule is Br.Cc1nc(C(=O)NCCN)cc2c3ccccc3n(Cc3ccccc3)c12. The van der Waals surface area contributed by atoms with E-state index in [1.54, 1.807) is 0 Å². The maximum atomic E-state index is 12.4. The minimum atomic E-state index is -0.189. The second kappa shape index (κ2) is 8.54. The van der Waals surface area contributed by atoms with E-state index in [0.29, 0.717) is 18.8 Å². The molecule has 0 aliphatic rings. The zero-order valence-electron chi connectivity index (χ0n) is 15.7. The van der Waals surface area contributed by atoms with Gasteiger partial charge in [0, 0.05) is 35.9 Å². The molecule has 2 aromatic carbocycles. The van der Waals surface area contributed by atoms with Crippen molar-refractivity contribution in [2.75, 3.05) is 13.1 Å². The number of aryl methyl sites for hydroxylation is 1. The van der Waals surface area contributed by atoms with Gasteiger partial charge in [-0.05, 0) is 24.6 Å². The molecule has 0 aliphatic heterocycles. The van der Waals surface area contributed by atoms with Crippen LogP contribution >= 0.6 is 17.0 Å². The lowest BCUT2D eigenvalue weighted by molar-refractivity contribution is 0.0950. The van der Waals surface area contributed by atoms with E-state index in [-0.39, 0.29) is 22.9 Å². The minimum absolute atomic E-state index is 0. The summed E-state index contributed by atoms with van der Waals surface area (Å²) in [5, 5.41) is 4.98. The van der Waals surface area contributed by atoms with Gasteiger partial charge in [-0.1, -0.05) is 48.5 Å². The molecule has 144 valence electrons. The van der Waals surface area contributed by atoms with Crippen molar-refractivity contribution in [1.29, 1.82) is 0 Å². The number of halogens is 1. The third-order valence-corrected chi connectivity index (χ3v) is 4.77. The van der Waals surface area contributed by atoms with Crippen molar-refractivity contribution in [2.24, 2.45) is 5.73 Å². The second-order valence-corrected chi connectivity index (χ2v) is 6.62. The van der Waals surface area contributed by atoms with Crippen LogP contribution in [-0.2, 0) is 6.54 Å². The quantitative estimate of drug-likeness (QED) is 0.497. The lowest BCUT2D eigenvalue weighted by Crippen LogP contribution is -2.29. The molecular weight excluding hydrogens is 416 g/mol. The number of fused-ring (bicyclic) bond motifs is 3.